The first-order valence-electron chi connectivity index (χ1n) is 7.96. The fourth-order valence-electron chi connectivity index (χ4n) is 2.72. The maximum Gasteiger partial charge on any atom is 0.335 e. The number of hydrogen-bond acceptors (Lipinski definition) is 4. The quantitative estimate of drug-likeness (QED) is 0.438. The molecule has 0 aliphatic heterocycles. The second-order valence-corrected chi connectivity index (χ2v) is 6.32. The minimum atomic E-state index is -0.487. The number of benzene rings is 2. The summed E-state index contributed by atoms with van der Waals surface area (Å²) in [6.07, 6.45) is 1.13. The molecule has 0 spiro atoms. The van der Waals surface area contributed by atoms with Gasteiger partial charge in [0.15, 0.2) is 0 Å². The molecule has 0 radical (unpaired) electrons. The lowest BCUT2D eigenvalue weighted by atomic mass is 9.81. The molecule has 0 aliphatic carbocycles. The third-order valence-corrected chi connectivity index (χ3v) is 4.30. The van der Waals surface area contributed by atoms with Crippen molar-refractivity contribution in [3.05, 3.63) is 78.5 Å². The van der Waals surface area contributed by atoms with Gasteiger partial charge in [-0.05, 0) is 29.8 Å². The van der Waals surface area contributed by atoms with Gasteiger partial charge in [0.25, 0.3) is 0 Å². The van der Waals surface area contributed by atoms with Crippen LogP contribution >= 0.6 is 0 Å². The lowest BCUT2D eigenvalue weighted by Crippen LogP contribution is -2.20. The Morgan fingerprint density at radius 2 is 1.84 bits per heavy atom. The van der Waals surface area contributed by atoms with Crippen molar-refractivity contribution in [3.63, 3.8) is 0 Å². The van der Waals surface area contributed by atoms with Crippen LogP contribution in [0.25, 0.3) is 10.9 Å². The van der Waals surface area contributed by atoms with Crippen LogP contribution in [0.2, 0.25) is 0 Å². The Labute approximate surface area is 146 Å². The third kappa shape index (κ3) is 3.24. The van der Waals surface area contributed by atoms with Crippen LogP contribution in [0, 0.1) is 0 Å². The van der Waals surface area contributed by atoms with E-state index in [1.165, 1.54) is 0 Å². The number of carbonyl (C=O) groups excluding carboxylic acids is 1. The molecule has 126 valence electrons. The van der Waals surface area contributed by atoms with E-state index in [-0.39, 0.29) is 11.2 Å². The molecular weight excluding hydrogens is 314 g/mol. The number of esters is 1. The number of aromatic nitrogens is 1. The molecule has 0 saturated carbocycles. The van der Waals surface area contributed by atoms with Gasteiger partial charge >= 0.3 is 5.97 Å². The molecule has 0 amide bonds. The van der Waals surface area contributed by atoms with Crippen LogP contribution in [0.3, 0.4) is 0 Å². The van der Waals surface area contributed by atoms with Crippen LogP contribution in [0.5, 0.6) is 11.5 Å². The molecule has 1 aromatic heterocycles. The van der Waals surface area contributed by atoms with Crippen molar-refractivity contribution in [1.82, 2.24) is 4.98 Å². The van der Waals surface area contributed by atoms with Crippen LogP contribution < -0.4 is 4.74 Å². The molecular formula is C21H19NO3. The molecule has 1 N–H and O–H groups in total. The summed E-state index contributed by atoms with van der Waals surface area (Å²) in [7, 11) is 0. The predicted octanol–water partition coefficient (Wildman–Crippen LogP) is 4.36. The van der Waals surface area contributed by atoms with E-state index in [0.717, 1.165) is 22.7 Å². The minimum Gasteiger partial charge on any atom is -0.506 e. The largest absolute Gasteiger partial charge is 0.506 e. The Morgan fingerprint density at radius 1 is 1.12 bits per heavy atom. The summed E-state index contributed by atoms with van der Waals surface area (Å²) >= 11 is 0. The molecule has 3 rings (SSSR count). The van der Waals surface area contributed by atoms with E-state index in [1.807, 2.05) is 30.3 Å². The number of fused-ring (bicyclic) bond motifs is 1. The number of para-hydroxylation sites is 1. The smallest absolute Gasteiger partial charge is 0.335 e. The summed E-state index contributed by atoms with van der Waals surface area (Å²) in [6.45, 7) is 7.50. The molecule has 2 aromatic carbocycles. The van der Waals surface area contributed by atoms with Gasteiger partial charge in [-0.25, -0.2) is 9.78 Å². The SMILES string of the molecule is C=CC(=O)Oc1ccc(C(C)(C)c2ccc3cccc(O)c3n2)cc1. The highest BCUT2D eigenvalue weighted by Crippen LogP contribution is 2.33. The number of ether oxygens (including phenoxy) is 1. The van der Waals surface area contributed by atoms with Crippen LogP contribution in [-0.2, 0) is 10.2 Å². The maximum atomic E-state index is 11.3. The van der Waals surface area contributed by atoms with Crippen LogP contribution in [0.15, 0.2) is 67.3 Å². The van der Waals surface area contributed by atoms with E-state index in [4.69, 9.17) is 4.74 Å². The van der Waals surface area contributed by atoms with Gasteiger partial charge in [0, 0.05) is 16.9 Å². The van der Waals surface area contributed by atoms with Gasteiger partial charge in [-0.3, -0.25) is 0 Å². The maximum absolute atomic E-state index is 11.3. The van der Waals surface area contributed by atoms with Gasteiger partial charge in [0.2, 0.25) is 0 Å². The zero-order valence-corrected chi connectivity index (χ0v) is 14.2. The van der Waals surface area contributed by atoms with Crippen molar-refractivity contribution in [2.45, 2.75) is 19.3 Å². The first-order valence-corrected chi connectivity index (χ1v) is 7.96. The molecule has 0 saturated heterocycles. The lowest BCUT2D eigenvalue weighted by molar-refractivity contribution is -0.128. The van der Waals surface area contributed by atoms with E-state index in [1.54, 1.807) is 24.3 Å². The van der Waals surface area contributed by atoms with E-state index in [0.29, 0.717) is 11.3 Å². The fourth-order valence-corrected chi connectivity index (χ4v) is 2.72. The number of phenols is 1. The highest BCUT2D eigenvalue weighted by Gasteiger charge is 2.25. The monoisotopic (exact) mass is 333 g/mol. The summed E-state index contributed by atoms with van der Waals surface area (Å²) in [5, 5.41) is 11.0. The van der Waals surface area contributed by atoms with Crippen LogP contribution in [0.4, 0.5) is 0 Å². The predicted molar refractivity (Wildman–Crippen MR) is 97.8 cm³/mol. The first kappa shape index (κ1) is 16.7. The summed E-state index contributed by atoms with van der Waals surface area (Å²) in [5.41, 5.74) is 2.08. The molecule has 4 nitrogen and oxygen atoms in total. The second kappa shape index (κ2) is 6.40. The number of pyridine rings is 1. The molecule has 4 heteroatoms. The molecule has 3 aromatic rings. The zero-order chi connectivity index (χ0) is 18.0. The molecule has 0 unspecified atom stereocenters. The Morgan fingerprint density at radius 3 is 2.52 bits per heavy atom. The minimum absolute atomic E-state index is 0.168. The van der Waals surface area contributed by atoms with Crippen LogP contribution in [-0.4, -0.2) is 16.1 Å². The van der Waals surface area contributed by atoms with E-state index in [9.17, 15) is 9.90 Å². The van der Waals surface area contributed by atoms with Crippen LogP contribution in [0.1, 0.15) is 25.1 Å². The van der Waals surface area contributed by atoms with Crippen molar-refractivity contribution in [2.75, 3.05) is 0 Å². The van der Waals surface area contributed by atoms with Gasteiger partial charge in [0.1, 0.15) is 17.0 Å². The van der Waals surface area contributed by atoms with E-state index in [2.05, 4.69) is 25.4 Å². The number of hydrogen-bond donors (Lipinski definition) is 1. The highest BCUT2D eigenvalue weighted by molar-refractivity contribution is 5.84. The summed E-state index contributed by atoms with van der Waals surface area (Å²) in [4.78, 5) is 15.9. The Hall–Kier alpha value is -3.14. The van der Waals surface area contributed by atoms with Gasteiger partial charge in [-0.15, -0.1) is 0 Å². The lowest BCUT2D eigenvalue weighted by Gasteiger charge is -2.25. The highest BCUT2D eigenvalue weighted by atomic mass is 16.5. The molecule has 0 aliphatic rings. The first-order chi connectivity index (χ1) is 11.9. The standard InChI is InChI=1S/C21H19NO3/c1-4-19(24)25-16-11-9-15(10-12-16)21(2,3)18-13-8-14-6-5-7-17(23)20(14)22-18/h4-13,23H,1H2,2-3H3. The molecule has 1 heterocycles. The Kier molecular flexibility index (Phi) is 4.28. The Bertz CT molecular complexity index is 943. The number of carbonyl (C=O) groups is 1. The van der Waals surface area contributed by atoms with Gasteiger partial charge in [-0.1, -0.05) is 50.8 Å². The normalized spacial score (nSPS) is 11.3. The van der Waals surface area contributed by atoms with Crippen molar-refractivity contribution in [1.29, 1.82) is 0 Å². The second-order valence-electron chi connectivity index (χ2n) is 6.32. The fraction of sp³-hybridized carbons (Fsp3) is 0.143. The summed E-state index contributed by atoms with van der Waals surface area (Å²) in [5.74, 6) is 0.147. The average Bonchev–Trinajstić information content (AvgIpc) is 2.62. The third-order valence-electron chi connectivity index (χ3n) is 4.30. The molecule has 0 fully saturated rings. The average molecular weight is 333 g/mol. The van der Waals surface area contributed by atoms with Crippen molar-refractivity contribution in [2.24, 2.45) is 0 Å². The number of phenolic OH excluding ortho intramolecular Hbond substituents is 1. The summed E-state index contributed by atoms with van der Waals surface area (Å²) in [6, 6.07) is 16.6. The van der Waals surface area contributed by atoms with Crippen molar-refractivity contribution in [3.8, 4) is 11.5 Å². The topological polar surface area (TPSA) is 59.4 Å². The Balaban J connectivity index is 1.97. The van der Waals surface area contributed by atoms with Crippen molar-refractivity contribution >= 4 is 16.9 Å². The molecule has 0 bridgehead atoms. The van der Waals surface area contributed by atoms with E-state index < -0.39 is 5.97 Å². The van der Waals surface area contributed by atoms with Gasteiger partial charge < -0.3 is 9.84 Å². The summed E-state index contributed by atoms with van der Waals surface area (Å²) < 4.78 is 5.10. The van der Waals surface area contributed by atoms with Gasteiger partial charge in [-0.2, -0.15) is 0 Å². The molecule has 25 heavy (non-hydrogen) atoms. The molecule has 0 atom stereocenters. The zero-order valence-electron chi connectivity index (χ0n) is 14.2. The van der Waals surface area contributed by atoms with Gasteiger partial charge in [0.05, 0.1) is 5.69 Å². The number of aromatic hydroxyl groups is 1. The number of rotatable bonds is 4. The van der Waals surface area contributed by atoms with E-state index >= 15 is 0 Å². The van der Waals surface area contributed by atoms with Crippen molar-refractivity contribution < 1.29 is 14.6 Å². The number of nitrogens with zero attached hydrogens (tertiary/aromatic N) is 1.